The second-order valence-electron chi connectivity index (χ2n) is 5.13. The van der Waals surface area contributed by atoms with E-state index in [1.807, 2.05) is 38.1 Å². The highest BCUT2D eigenvalue weighted by molar-refractivity contribution is 5.86. The second kappa shape index (κ2) is 5.85. The molecule has 0 fully saturated rings. The third kappa shape index (κ3) is 3.12. The lowest BCUT2D eigenvalue weighted by Gasteiger charge is -2.16. The van der Waals surface area contributed by atoms with Gasteiger partial charge in [-0.3, -0.25) is 4.79 Å². The van der Waals surface area contributed by atoms with Crippen molar-refractivity contribution in [3.05, 3.63) is 48.0 Å². The fourth-order valence-corrected chi connectivity index (χ4v) is 2.05. The Kier molecular flexibility index (Phi) is 4.17. The summed E-state index contributed by atoms with van der Waals surface area (Å²) in [5.74, 6) is 0.0513. The van der Waals surface area contributed by atoms with Crippen molar-refractivity contribution in [2.45, 2.75) is 26.4 Å². The molecule has 0 bridgehead atoms. The van der Waals surface area contributed by atoms with E-state index in [9.17, 15) is 4.79 Å². The monoisotopic (exact) mass is 256 g/mol. The molecule has 0 aliphatic carbocycles. The van der Waals surface area contributed by atoms with Gasteiger partial charge in [-0.1, -0.05) is 56.3 Å². The van der Waals surface area contributed by atoms with E-state index in [4.69, 9.17) is 5.73 Å². The molecule has 2 aromatic carbocycles. The highest BCUT2D eigenvalue weighted by Crippen LogP contribution is 2.18. The molecule has 0 aromatic heterocycles. The lowest BCUT2D eigenvalue weighted by Crippen LogP contribution is -2.43. The molecule has 0 radical (unpaired) electrons. The Balaban J connectivity index is 2.12. The van der Waals surface area contributed by atoms with Crippen molar-refractivity contribution < 1.29 is 4.79 Å². The average Bonchev–Trinajstić information content (AvgIpc) is 2.43. The molecule has 19 heavy (non-hydrogen) atoms. The Morgan fingerprint density at radius 2 is 1.84 bits per heavy atom. The quantitative estimate of drug-likeness (QED) is 0.882. The maximum atomic E-state index is 11.9. The molecule has 0 aliphatic rings. The van der Waals surface area contributed by atoms with E-state index in [0.717, 1.165) is 5.56 Å². The molecular formula is C16H20N2O. The van der Waals surface area contributed by atoms with Gasteiger partial charge in [-0.15, -0.1) is 0 Å². The summed E-state index contributed by atoms with van der Waals surface area (Å²) >= 11 is 0. The average molecular weight is 256 g/mol. The molecule has 0 saturated carbocycles. The number of nitrogens with two attached hydrogens (primary N) is 1. The SMILES string of the molecule is CC(C)[C@H](N)C(=O)NCc1cccc2ccccc12. The van der Waals surface area contributed by atoms with E-state index in [0.29, 0.717) is 6.54 Å². The van der Waals surface area contributed by atoms with Gasteiger partial charge in [0.2, 0.25) is 5.91 Å². The van der Waals surface area contributed by atoms with Gasteiger partial charge < -0.3 is 11.1 Å². The fraction of sp³-hybridized carbons (Fsp3) is 0.312. The van der Waals surface area contributed by atoms with Gasteiger partial charge in [0, 0.05) is 6.54 Å². The Hall–Kier alpha value is -1.87. The number of hydrogen-bond acceptors (Lipinski definition) is 2. The van der Waals surface area contributed by atoms with Gasteiger partial charge >= 0.3 is 0 Å². The first-order valence-corrected chi connectivity index (χ1v) is 6.59. The van der Waals surface area contributed by atoms with Crippen molar-refractivity contribution in [1.82, 2.24) is 5.32 Å². The lowest BCUT2D eigenvalue weighted by atomic mass is 10.0. The largest absolute Gasteiger partial charge is 0.351 e. The summed E-state index contributed by atoms with van der Waals surface area (Å²) in [4.78, 5) is 11.9. The van der Waals surface area contributed by atoms with Crippen LogP contribution in [-0.2, 0) is 11.3 Å². The summed E-state index contributed by atoms with van der Waals surface area (Å²) in [6, 6.07) is 13.8. The van der Waals surface area contributed by atoms with E-state index in [-0.39, 0.29) is 11.8 Å². The predicted molar refractivity (Wildman–Crippen MR) is 78.6 cm³/mol. The van der Waals surface area contributed by atoms with Gasteiger partial charge in [0.25, 0.3) is 0 Å². The normalized spacial score (nSPS) is 12.6. The second-order valence-corrected chi connectivity index (χ2v) is 5.13. The van der Waals surface area contributed by atoms with E-state index in [1.165, 1.54) is 10.8 Å². The van der Waals surface area contributed by atoms with E-state index >= 15 is 0 Å². The molecule has 0 unspecified atom stereocenters. The minimum absolute atomic E-state index is 0.0945. The van der Waals surface area contributed by atoms with Gasteiger partial charge in [0.1, 0.15) is 0 Å². The number of rotatable bonds is 4. The molecule has 0 heterocycles. The summed E-state index contributed by atoms with van der Waals surface area (Å²) in [5.41, 5.74) is 6.94. The van der Waals surface area contributed by atoms with Crippen molar-refractivity contribution in [2.75, 3.05) is 0 Å². The van der Waals surface area contributed by atoms with Crippen LogP contribution in [0.3, 0.4) is 0 Å². The molecule has 2 aromatic rings. The molecular weight excluding hydrogens is 236 g/mol. The summed E-state index contributed by atoms with van der Waals surface area (Å²) in [7, 11) is 0. The zero-order valence-corrected chi connectivity index (χ0v) is 11.4. The number of amides is 1. The van der Waals surface area contributed by atoms with Gasteiger partial charge in [-0.05, 0) is 22.3 Å². The van der Waals surface area contributed by atoms with Crippen molar-refractivity contribution in [3.63, 3.8) is 0 Å². The summed E-state index contributed by atoms with van der Waals surface area (Å²) in [6.07, 6.45) is 0. The van der Waals surface area contributed by atoms with Crippen LogP contribution >= 0.6 is 0 Å². The molecule has 3 N–H and O–H groups in total. The molecule has 1 atom stereocenters. The maximum Gasteiger partial charge on any atom is 0.237 e. The van der Waals surface area contributed by atoms with Crippen molar-refractivity contribution >= 4 is 16.7 Å². The van der Waals surface area contributed by atoms with E-state index in [2.05, 4.69) is 23.5 Å². The first-order chi connectivity index (χ1) is 9.09. The minimum Gasteiger partial charge on any atom is -0.351 e. The maximum absolute atomic E-state index is 11.9. The minimum atomic E-state index is -0.449. The van der Waals surface area contributed by atoms with Crippen LogP contribution in [0, 0.1) is 5.92 Å². The summed E-state index contributed by atoms with van der Waals surface area (Å²) in [6.45, 7) is 4.41. The van der Waals surface area contributed by atoms with Crippen LogP contribution in [0.2, 0.25) is 0 Å². The number of carbonyl (C=O) groups excluding carboxylic acids is 1. The molecule has 0 spiro atoms. The molecule has 0 saturated heterocycles. The Morgan fingerprint density at radius 1 is 1.16 bits per heavy atom. The van der Waals surface area contributed by atoms with Crippen molar-refractivity contribution in [3.8, 4) is 0 Å². The Bertz CT molecular complexity index is 572. The van der Waals surface area contributed by atoms with Gasteiger partial charge in [-0.25, -0.2) is 0 Å². The van der Waals surface area contributed by atoms with Crippen LogP contribution in [0.25, 0.3) is 10.8 Å². The van der Waals surface area contributed by atoms with Crippen LogP contribution in [0.15, 0.2) is 42.5 Å². The first kappa shape index (κ1) is 13.6. The first-order valence-electron chi connectivity index (χ1n) is 6.59. The summed E-state index contributed by atoms with van der Waals surface area (Å²) in [5, 5.41) is 5.26. The van der Waals surface area contributed by atoms with Gasteiger partial charge in [-0.2, -0.15) is 0 Å². The van der Waals surface area contributed by atoms with E-state index in [1.54, 1.807) is 0 Å². The molecule has 0 aliphatic heterocycles. The smallest absolute Gasteiger partial charge is 0.237 e. The summed E-state index contributed by atoms with van der Waals surface area (Å²) < 4.78 is 0. The van der Waals surface area contributed by atoms with Gasteiger partial charge in [0.15, 0.2) is 0 Å². The standard InChI is InChI=1S/C16H20N2O/c1-11(2)15(17)16(19)18-10-13-8-5-7-12-6-3-4-9-14(12)13/h3-9,11,15H,10,17H2,1-2H3,(H,18,19)/t15-/m0/s1. The highest BCUT2D eigenvalue weighted by atomic mass is 16.2. The van der Waals surface area contributed by atoms with Crippen LogP contribution < -0.4 is 11.1 Å². The topological polar surface area (TPSA) is 55.1 Å². The molecule has 100 valence electrons. The number of fused-ring (bicyclic) bond motifs is 1. The lowest BCUT2D eigenvalue weighted by molar-refractivity contribution is -0.123. The molecule has 1 amide bonds. The van der Waals surface area contributed by atoms with Crippen LogP contribution in [0.5, 0.6) is 0 Å². The molecule has 3 nitrogen and oxygen atoms in total. The van der Waals surface area contributed by atoms with Crippen molar-refractivity contribution in [2.24, 2.45) is 11.7 Å². The van der Waals surface area contributed by atoms with Gasteiger partial charge in [0.05, 0.1) is 6.04 Å². The third-order valence-corrected chi connectivity index (χ3v) is 3.35. The number of benzene rings is 2. The third-order valence-electron chi connectivity index (χ3n) is 3.35. The predicted octanol–water partition coefficient (Wildman–Crippen LogP) is 2.44. The van der Waals surface area contributed by atoms with Crippen LogP contribution in [0.1, 0.15) is 19.4 Å². The highest BCUT2D eigenvalue weighted by Gasteiger charge is 2.16. The molecule has 2 rings (SSSR count). The van der Waals surface area contributed by atoms with Crippen LogP contribution in [-0.4, -0.2) is 11.9 Å². The van der Waals surface area contributed by atoms with Crippen LogP contribution in [0.4, 0.5) is 0 Å². The number of carbonyl (C=O) groups is 1. The Labute approximate surface area is 113 Å². The zero-order chi connectivity index (χ0) is 13.8. The van der Waals surface area contributed by atoms with Crippen molar-refractivity contribution in [1.29, 1.82) is 0 Å². The van der Waals surface area contributed by atoms with E-state index < -0.39 is 6.04 Å². The molecule has 3 heteroatoms. The Morgan fingerprint density at radius 3 is 2.58 bits per heavy atom. The zero-order valence-electron chi connectivity index (χ0n) is 11.4. The fourth-order valence-electron chi connectivity index (χ4n) is 2.05. The number of nitrogens with one attached hydrogen (secondary N) is 1. The number of hydrogen-bond donors (Lipinski definition) is 2.